The molecular weight excluding hydrogens is 416 g/mol. The fourth-order valence-corrected chi connectivity index (χ4v) is 3.53. The Labute approximate surface area is 188 Å². The van der Waals surface area contributed by atoms with E-state index in [1.165, 1.54) is 24.2 Å². The average molecular weight is 448 g/mol. The van der Waals surface area contributed by atoms with Crippen LogP contribution in [0.2, 0.25) is 0 Å². The first-order valence-corrected chi connectivity index (χ1v) is 11.0. The molecule has 1 aromatic rings. The number of methoxy groups -OCH3 is 1. The van der Waals surface area contributed by atoms with E-state index in [0.717, 1.165) is 18.4 Å². The number of ether oxygens (including phenoxy) is 1. The molecule has 32 heavy (non-hydrogen) atoms. The first kappa shape index (κ1) is 25.5. The molecule has 0 aromatic heterocycles. The number of rotatable bonds is 11. The first-order valence-electron chi connectivity index (χ1n) is 11.0. The van der Waals surface area contributed by atoms with Crippen molar-refractivity contribution in [3.63, 3.8) is 0 Å². The van der Waals surface area contributed by atoms with E-state index in [9.17, 15) is 23.5 Å². The predicted molar refractivity (Wildman–Crippen MR) is 118 cm³/mol. The molecule has 0 bridgehead atoms. The number of esters is 1. The first-order chi connectivity index (χ1) is 15.3. The van der Waals surface area contributed by atoms with Crippen molar-refractivity contribution in [1.82, 2.24) is 4.90 Å². The van der Waals surface area contributed by atoms with Crippen molar-refractivity contribution in [3.05, 3.63) is 48.0 Å². The van der Waals surface area contributed by atoms with Gasteiger partial charge in [-0.3, -0.25) is 9.59 Å². The molecule has 1 amide bonds. The maximum atomic E-state index is 14.0. The van der Waals surface area contributed by atoms with Gasteiger partial charge in [0.25, 0.3) is 5.91 Å². The molecule has 1 saturated heterocycles. The van der Waals surface area contributed by atoms with Crippen LogP contribution in [0.3, 0.4) is 0 Å². The summed E-state index contributed by atoms with van der Waals surface area (Å²) in [5, 5.41) is 10.1. The second-order valence-electron chi connectivity index (χ2n) is 7.87. The van der Waals surface area contributed by atoms with Gasteiger partial charge in [0.05, 0.1) is 19.3 Å². The number of carbonyl (C=O) groups excluding carboxylic acids is 2. The molecule has 0 spiro atoms. The molecule has 5 nitrogen and oxygen atoms in total. The SMILES string of the molecule is COC(=O)CCCCCCN1C(=O)C(F)(F)C[C@@H]1C=CC(O)CCC#Cc1ccccc1. The van der Waals surface area contributed by atoms with Crippen LogP contribution in [0.4, 0.5) is 8.78 Å². The fourth-order valence-electron chi connectivity index (χ4n) is 3.53. The summed E-state index contributed by atoms with van der Waals surface area (Å²) in [5.74, 6) is 1.18. The predicted octanol–water partition coefficient (Wildman–Crippen LogP) is 4.10. The Morgan fingerprint density at radius 2 is 2.00 bits per heavy atom. The Hall–Kier alpha value is -2.72. The number of halogens is 2. The molecule has 0 saturated carbocycles. The minimum atomic E-state index is -3.38. The molecule has 1 aromatic carbocycles. The van der Waals surface area contributed by atoms with Gasteiger partial charge >= 0.3 is 11.9 Å². The monoisotopic (exact) mass is 447 g/mol. The molecule has 2 atom stereocenters. The summed E-state index contributed by atoms with van der Waals surface area (Å²) in [7, 11) is 1.34. The summed E-state index contributed by atoms with van der Waals surface area (Å²) in [4.78, 5) is 24.4. The third-order valence-corrected chi connectivity index (χ3v) is 5.32. The molecule has 1 aliphatic heterocycles. The van der Waals surface area contributed by atoms with E-state index in [4.69, 9.17) is 0 Å². The van der Waals surface area contributed by atoms with Gasteiger partial charge in [0.15, 0.2) is 0 Å². The standard InChI is InChI=1S/C25H31F2NO4/c1-32-23(30)15-7-2-3-10-18-28-21(19-25(26,27)24(28)31)16-17-22(29)14-9-8-13-20-11-5-4-6-12-20/h4-6,11-12,16-17,21-22,29H,2-3,7,9-10,14-15,18-19H2,1H3/t21-,22?/m0/s1. The maximum Gasteiger partial charge on any atom is 0.327 e. The number of unbranched alkanes of at least 4 members (excludes halogenated alkanes) is 3. The summed E-state index contributed by atoms with van der Waals surface area (Å²) in [6, 6.07) is 8.76. The number of alkyl halides is 2. The van der Waals surface area contributed by atoms with E-state index in [1.807, 2.05) is 30.3 Å². The molecule has 1 N–H and O–H groups in total. The molecule has 1 aliphatic rings. The Bertz CT molecular complexity index is 829. The number of aliphatic hydroxyl groups excluding tert-OH is 1. The van der Waals surface area contributed by atoms with Crippen LogP contribution in [-0.4, -0.2) is 53.6 Å². The third kappa shape index (κ3) is 8.43. The van der Waals surface area contributed by atoms with Gasteiger partial charge in [-0.2, -0.15) is 8.78 Å². The lowest BCUT2D eigenvalue weighted by molar-refractivity contribution is -0.148. The van der Waals surface area contributed by atoms with Crippen molar-refractivity contribution < 1.29 is 28.2 Å². The van der Waals surface area contributed by atoms with E-state index in [1.54, 1.807) is 0 Å². The molecule has 0 radical (unpaired) electrons. The quantitative estimate of drug-likeness (QED) is 0.240. The van der Waals surface area contributed by atoms with Gasteiger partial charge in [-0.15, -0.1) is 0 Å². The second kappa shape index (κ2) is 13.0. The average Bonchev–Trinajstić information content (AvgIpc) is 3.00. The number of amides is 1. The van der Waals surface area contributed by atoms with Crippen LogP contribution < -0.4 is 0 Å². The Morgan fingerprint density at radius 3 is 2.72 bits per heavy atom. The van der Waals surface area contributed by atoms with E-state index < -0.39 is 30.4 Å². The zero-order valence-electron chi connectivity index (χ0n) is 18.4. The van der Waals surface area contributed by atoms with Gasteiger partial charge in [0.2, 0.25) is 0 Å². The second-order valence-corrected chi connectivity index (χ2v) is 7.87. The summed E-state index contributed by atoms with van der Waals surface area (Å²) >= 11 is 0. The van der Waals surface area contributed by atoms with E-state index >= 15 is 0 Å². The van der Waals surface area contributed by atoms with Crippen molar-refractivity contribution in [2.24, 2.45) is 0 Å². The molecule has 7 heteroatoms. The summed E-state index contributed by atoms with van der Waals surface area (Å²) in [5.41, 5.74) is 0.894. The zero-order chi connectivity index (χ0) is 23.4. The zero-order valence-corrected chi connectivity index (χ0v) is 18.4. The van der Waals surface area contributed by atoms with Gasteiger partial charge in [0.1, 0.15) is 0 Å². The number of likely N-dealkylation sites (tertiary alicyclic amines) is 1. The lowest BCUT2D eigenvalue weighted by atomic mass is 10.1. The highest BCUT2D eigenvalue weighted by Crippen LogP contribution is 2.34. The van der Waals surface area contributed by atoms with Gasteiger partial charge in [-0.05, 0) is 31.4 Å². The largest absolute Gasteiger partial charge is 0.469 e. The highest BCUT2D eigenvalue weighted by atomic mass is 19.3. The van der Waals surface area contributed by atoms with Crippen LogP contribution in [0, 0.1) is 11.8 Å². The van der Waals surface area contributed by atoms with Crippen LogP contribution in [0.5, 0.6) is 0 Å². The van der Waals surface area contributed by atoms with Crippen LogP contribution in [0.25, 0.3) is 0 Å². The highest BCUT2D eigenvalue weighted by Gasteiger charge is 2.52. The van der Waals surface area contributed by atoms with Crippen LogP contribution >= 0.6 is 0 Å². The number of hydrogen-bond acceptors (Lipinski definition) is 4. The van der Waals surface area contributed by atoms with Gasteiger partial charge in [0, 0.05) is 31.4 Å². The minimum Gasteiger partial charge on any atom is -0.469 e. The molecule has 1 fully saturated rings. The smallest absolute Gasteiger partial charge is 0.327 e. The van der Waals surface area contributed by atoms with Gasteiger partial charge in [-0.1, -0.05) is 55.0 Å². The number of carbonyl (C=O) groups is 2. The van der Waals surface area contributed by atoms with Crippen LogP contribution in [0.1, 0.15) is 56.9 Å². The molecule has 0 aliphatic carbocycles. The Balaban J connectivity index is 1.79. The van der Waals surface area contributed by atoms with Crippen molar-refractivity contribution in [3.8, 4) is 11.8 Å². The summed E-state index contributed by atoms with van der Waals surface area (Å²) < 4.78 is 32.5. The van der Waals surface area contributed by atoms with Crippen LogP contribution in [-0.2, 0) is 14.3 Å². The molecule has 1 heterocycles. The van der Waals surface area contributed by atoms with Gasteiger partial charge < -0.3 is 14.7 Å². The topological polar surface area (TPSA) is 66.8 Å². The van der Waals surface area contributed by atoms with Crippen molar-refractivity contribution in [2.75, 3.05) is 13.7 Å². The normalized spacial score (nSPS) is 18.4. The third-order valence-electron chi connectivity index (χ3n) is 5.32. The van der Waals surface area contributed by atoms with Crippen molar-refractivity contribution in [1.29, 1.82) is 0 Å². The summed E-state index contributed by atoms with van der Waals surface area (Å²) in [6.07, 6.45) is 5.50. The van der Waals surface area contributed by atoms with E-state index in [-0.39, 0.29) is 12.5 Å². The lowest BCUT2D eigenvalue weighted by Crippen LogP contribution is -2.36. The molecule has 1 unspecified atom stereocenters. The summed E-state index contributed by atoms with van der Waals surface area (Å²) in [6.45, 7) is 0.223. The van der Waals surface area contributed by atoms with Crippen molar-refractivity contribution >= 4 is 11.9 Å². The molecule has 2 rings (SSSR count). The molecule has 174 valence electrons. The van der Waals surface area contributed by atoms with Crippen LogP contribution in [0.15, 0.2) is 42.5 Å². The van der Waals surface area contributed by atoms with Crippen molar-refractivity contribution in [2.45, 2.75) is 69.4 Å². The maximum absolute atomic E-state index is 14.0. The Morgan fingerprint density at radius 1 is 1.28 bits per heavy atom. The van der Waals surface area contributed by atoms with E-state index in [0.29, 0.717) is 32.1 Å². The molecular formula is C25H31F2NO4. The minimum absolute atomic E-state index is 0.223. The lowest BCUT2D eigenvalue weighted by Gasteiger charge is -2.22. The van der Waals surface area contributed by atoms with E-state index in [2.05, 4.69) is 16.6 Å². The number of aliphatic hydroxyl groups is 1. The fraction of sp³-hybridized carbons (Fsp3) is 0.520. The Kier molecular flexibility index (Phi) is 10.4. The number of hydrogen-bond donors (Lipinski definition) is 1. The number of benzene rings is 1. The van der Waals surface area contributed by atoms with Gasteiger partial charge in [-0.25, -0.2) is 0 Å². The number of nitrogens with zero attached hydrogens (tertiary/aromatic N) is 1. The highest BCUT2D eigenvalue weighted by molar-refractivity contribution is 5.86.